The molecular weight excluding hydrogens is 190 g/mol. The lowest BCUT2D eigenvalue weighted by Gasteiger charge is -2.17. The van der Waals surface area contributed by atoms with E-state index in [0.717, 1.165) is 0 Å². The number of carbonyl (C=O) groups excluding carboxylic acids is 1. The third-order valence-corrected chi connectivity index (χ3v) is 2.20. The first-order valence-electron chi connectivity index (χ1n) is 4.74. The van der Waals surface area contributed by atoms with Gasteiger partial charge in [-0.3, -0.25) is 4.79 Å². The van der Waals surface area contributed by atoms with E-state index in [1.165, 1.54) is 0 Å². The third kappa shape index (κ3) is 2.32. The molecule has 0 aromatic carbocycles. The number of nitrogens with zero attached hydrogens (tertiary/aromatic N) is 2. The molecular formula is C11H15N3O. The van der Waals surface area contributed by atoms with Gasteiger partial charge in [0.05, 0.1) is 12.2 Å². The average molecular weight is 205 g/mol. The second-order valence-corrected chi connectivity index (χ2v) is 3.29. The summed E-state index contributed by atoms with van der Waals surface area (Å²) in [5, 5.41) is 0. The van der Waals surface area contributed by atoms with Crippen LogP contribution in [0.15, 0.2) is 12.3 Å². The number of carbonyl (C=O) groups is 1. The van der Waals surface area contributed by atoms with Gasteiger partial charge >= 0.3 is 0 Å². The molecule has 0 aliphatic heterocycles. The van der Waals surface area contributed by atoms with Gasteiger partial charge in [0, 0.05) is 19.8 Å². The van der Waals surface area contributed by atoms with Gasteiger partial charge in [-0.15, -0.1) is 6.42 Å². The number of rotatable bonds is 3. The molecule has 0 aliphatic carbocycles. The highest BCUT2D eigenvalue weighted by atomic mass is 16.2. The molecule has 2 N–H and O–H groups in total. The van der Waals surface area contributed by atoms with Crippen molar-refractivity contribution < 1.29 is 4.79 Å². The Hall–Kier alpha value is -1.89. The monoisotopic (exact) mass is 205 g/mol. The van der Waals surface area contributed by atoms with Crippen molar-refractivity contribution in [2.45, 2.75) is 6.92 Å². The maximum Gasteiger partial charge on any atom is 0.271 e. The Kier molecular flexibility index (Phi) is 3.40. The van der Waals surface area contributed by atoms with E-state index in [1.54, 1.807) is 28.8 Å². The second kappa shape index (κ2) is 4.56. The summed E-state index contributed by atoms with van der Waals surface area (Å²) in [5.41, 5.74) is 6.74. The number of nitrogen functional groups attached to an aromatic ring is 1. The van der Waals surface area contributed by atoms with Crippen LogP contribution in [0.25, 0.3) is 0 Å². The maximum absolute atomic E-state index is 12.0. The van der Waals surface area contributed by atoms with Crippen LogP contribution in [-0.2, 0) is 7.05 Å². The van der Waals surface area contributed by atoms with E-state index in [-0.39, 0.29) is 5.91 Å². The molecule has 0 saturated heterocycles. The van der Waals surface area contributed by atoms with Crippen LogP contribution < -0.4 is 5.73 Å². The molecule has 4 heteroatoms. The Morgan fingerprint density at radius 3 is 2.80 bits per heavy atom. The first-order chi connectivity index (χ1) is 7.10. The van der Waals surface area contributed by atoms with E-state index >= 15 is 0 Å². The van der Waals surface area contributed by atoms with Crippen molar-refractivity contribution in [1.29, 1.82) is 0 Å². The zero-order valence-electron chi connectivity index (χ0n) is 9.03. The second-order valence-electron chi connectivity index (χ2n) is 3.29. The van der Waals surface area contributed by atoms with Crippen LogP contribution in [0.3, 0.4) is 0 Å². The first-order valence-corrected chi connectivity index (χ1v) is 4.74. The molecule has 0 bridgehead atoms. The summed E-state index contributed by atoms with van der Waals surface area (Å²) in [6.07, 6.45) is 6.89. The molecule has 0 radical (unpaired) electrons. The van der Waals surface area contributed by atoms with Gasteiger partial charge in [-0.25, -0.2) is 0 Å². The summed E-state index contributed by atoms with van der Waals surface area (Å²) in [6, 6.07) is 1.65. The number of hydrogen-bond donors (Lipinski definition) is 1. The molecule has 0 aliphatic rings. The lowest BCUT2D eigenvalue weighted by molar-refractivity contribution is 0.0775. The van der Waals surface area contributed by atoms with E-state index in [4.69, 9.17) is 12.2 Å². The molecule has 0 spiro atoms. The van der Waals surface area contributed by atoms with Crippen molar-refractivity contribution in [3.63, 3.8) is 0 Å². The third-order valence-electron chi connectivity index (χ3n) is 2.20. The van der Waals surface area contributed by atoms with Gasteiger partial charge in [-0.2, -0.15) is 0 Å². The standard InChI is InChI=1S/C11H15N3O/c1-4-6-14(5-2)11(15)10-7-9(12)8-13(10)3/h1,7-8H,5-6,12H2,2-3H3. The quantitative estimate of drug-likeness (QED) is 0.739. The van der Waals surface area contributed by atoms with Crippen molar-refractivity contribution in [3.8, 4) is 12.3 Å². The zero-order chi connectivity index (χ0) is 11.4. The summed E-state index contributed by atoms with van der Waals surface area (Å²) in [6.45, 7) is 2.80. The topological polar surface area (TPSA) is 51.3 Å². The van der Waals surface area contributed by atoms with E-state index < -0.39 is 0 Å². The first kappa shape index (κ1) is 11.2. The van der Waals surface area contributed by atoms with Crippen LogP contribution in [0.2, 0.25) is 0 Å². The highest BCUT2D eigenvalue weighted by Gasteiger charge is 2.16. The summed E-state index contributed by atoms with van der Waals surface area (Å²) >= 11 is 0. The van der Waals surface area contributed by atoms with Crippen molar-refractivity contribution in [2.75, 3.05) is 18.8 Å². The number of anilines is 1. The molecule has 1 aromatic heterocycles. The van der Waals surface area contributed by atoms with Gasteiger partial charge < -0.3 is 15.2 Å². The highest BCUT2D eigenvalue weighted by molar-refractivity contribution is 5.94. The molecule has 15 heavy (non-hydrogen) atoms. The fraction of sp³-hybridized carbons (Fsp3) is 0.364. The smallest absolute Gasteiger partial charge is 0.271 e. The van der Waals surface area contributed by atoms with Crippen LogP contribution in [0.5, 0.6) is 0 Å². The SMILES string of the molecule is C#CCN(CC)C(=O)c1cc(N)cn1C. The fourth-order valence-electron chi connectivity index (χ4n) is 1.40. The Morgan fingerprint density at radius 1 is 1.73 bits per heavy atom. The largest absolute Gasteiger partial charge is 0.397 e. The summed E-state index contributed by atoms with van der Waals surface area (Å²) < 4.78 is 1.71. The minimum absolute atomic E-state index is 0.0883. The number of nitrogens with two attached hydrogens (primary N) is 1. The van der Waals surface area contributed by atoms with Crippen LogP contribution in [0.4, 0.5) is 5.69 Å². The minimum Gasteiger partial charge on any atom is -0.397 e. The van der Waals surface area contributed by atoms with Crippen LogP contribution in [0, 0.1) is 12.3 Å². The molecule has 1 aromatic rings. The van der Waals surface area contributed by atoms with Gasteiger partial charge in [0.25, 0.3) is 5.91 Å². The minimum atomic E-state index is -0.0883. The molecule has 1 amide bonds. The van der Waals surface area contributed by atoms with Gasteiger partial charge in [0.1, 0.15) is 5.69 Å². The Morgan fingerprint density at radius 2 is 2.40 bits per heavy atom. The Labute approximate surface area is 89.7 Å². The van der Waals surface area contributed by atoms with Crippen LogP contribution in [-0.4, -0.2) is 28.5 Å². The zero-order valence-corrected chi connectivity index (χ0v) is 9.03. The predicted octanol–water partition coefficient (Wildman–Crippen LogP) is 0.703. The van der Waals surface area contributed by atoms with Crippen molar-refractivity contribution in [1.82, 2.24) is 9.47 Å². The lowest BCUT2D eigenvalue weighted by atomic mass is 10.3. The molecule has 0 fully saturated rings. The fourth-order valence-corrected chi connectivity index (χ4v) is 1.40. The maximum atomic E-state index is 12.0. The van der Waals surface area contributed by atoms with Gasteiger partial charge in [-0.1, -0.05) is 5.92 Å². The Balaban J connectivity index is 2.93. The number of aromatic nitrogens is 1. The van der Waals surface area contributed by atoms with E-state index in [9.17, 15) is 4.79 Å². The van der Waals surface area contributed by atoms with E-state index in [2.05, 4.69) is 5.92 Å². The average Bonchev–Trinajstić information content (AvgIpc) is 2.53. The van der Waals surface area contributed by atoms with Crippen molar-refractivity contribution in [2.24, 2.45) is 7.05 Å². The van der Waals surface area contributed by atoms with E-state index in [0.29, 0.717) is 24.5 Å². The van der Waals surface area contributed by atoms with Gasteiger partial charge in [0.15, 0.2) is 0 Å². The van der Waals surface area contributed by atoms with Crippen molar-refractivity contribution >= 4 is 11.6 Å². The number of aryl methyl sites for hydroxylation is 1. The normalized spacial score (nSPS) is 9.67. The summed E-state index contributed by atoms with van der Waals surface area (Å²) in [5.74, 6) is 2.37. The molecule has 0 saturated carbocycles. The predicted molar refractivity (Wildman–Crippen MR) is 60.2 cm³/mol. The van der Waals surface area contributed by atoms with Gasteiger partial charge in [-0.05, 0) is 13.0 Å². The lowest BCUT2D eigenvalue weighted by Crippen LogP contribution is -2.32. The summed E-state index contributed by atoms with van der Waals surface area (Å²) in [4.78, 5) is 13.5. The number of terminal acetylenes is 1. The molecule has 0 atom stereocenters. The van der Waals surface area contributed by atoms with Crippen LogP contribution >= 0.6 is 0 Å². The molecule has 1 heterocycles. The van der Waals surface area contributed by atoms with Crippen LogP contribution in [0.1, 0.15) is 17.4 Å². The molecule has 0 unspecified atom stereocenters. The number of amides is 1. The Bertz CT molecular complexity index is 400. The molecule has 4 nitrogen and oxygen atoms in total. The van der Waals surface area contributed by atoms with E-state index in [1.807, 2.05) is 6.92 Å². The molecule has 1 rings (SSSR count). The highest BCUT2D eigenvalue weighted by Crippen LogP contribution is 2.11. The van der Waals surface area contributed by atoms with Crippen molar-refractivity contribution in [3.05, 3.63) is 18.0 Å². The summed E-state index contributed by atoms with van der Waals surface area (Å²) in [7, 11) is 1.79. The molecule has 80 valence electrons. The number of hydrogen-bond acceptors (Lipinski definition) is 2. The van der Waals surface area contributed by atoms with Gasteiger partial charge in [0.2, 0.25) is 0 Å².